The molecular weight excluding hydrogens is 363 g/mol. The van der Waals surface area contributed by atoms with Crippen molar-refractivity contribution in [1.29, 1.82) is 0 Å². The van der Waals surface area contributed by atoms with Crippen molar-refractivity contribution in [2.75, 3.05) is 5.32 Å². The number of imidazole rings is 1. The number of rotatable bonds is 4. The fourth-order valence-corrected chi connectivity index (χ4v) is 2.38. The average Bonchev–Trinajstić information content (AvgIpc) is 3.15. The summed E-state index contributed by atoms with van der Waals surface area (Å²) < 4.78 is 21.0. The maximum atomic E-state index is 14.3. The quantitative estimate of drug-likeness (QED) is 0.697. The molecule has 144 valence electrons. The third-order valence-electron chi connectivity index (χ3n) is 3.62. The van der Waals surface area contributed by atoms with Gasteiger partial charge in [0, 0.05) is 24.3 Å². The highest BCUT2D eigenvalue weighted by Gasteiger charge is 2.19. The molecule has 0 bridgehead atoms. The second-order valence-corrected chi connectivity index (χ2v) is 7.02. The van der Waals surface area contributed by atoms with Gasteiger partial charge in [-0.2, -0.15) is 0 Å². The van der Waals surface area contributed by atoms with E-state index >= 15 is 0 Å². The third-order valence-corrected chi connectivity index (χ3v) is 3.62. The van der Waals surface area contributed by atoms with Crippen molar-refractivity contribution in [2.24, 2.45) is 0 Å². The van der Waals surface area contributed by atoms with Gasteiger partial charge in [-0.1, -0.05) is 0 Å². The molecule has 7 nitrogen and oxygen atoms in total. The number of nitrogens with zero attached hydrogens (tertiary/aromatic N) is 3. The molecule has 3 aromatic rings. The summed E-state index contributed by atoms with van der Waals surface area (Å²) in [6.07, 6.45) is 5.91. The zero-order valence-electron chi connectivity index (χ0n) is 15.6. The molecule has 0 unspecified atom stereocenters. The standard InChI is InChI=1S/C20H19FN4O3/c1-20(2,3)28-19(27)16-6-4-13(11-23-16)18(26)24-14-5-7-17(15(21)10-14)25-9-8-22-12-25/h4-12H,1-3H3,(H,24,26). The van der Waals surface area contributed by atoms with Crippen LogP contribution in [0.1, 0.15) is 41.6 Å². The molecule has 0 radical (unpaired) electrons. The molecule has 0 saturated heterocycles. The van der Waals surface area contributed by atoms with E-state index in [1.165, 1.54) is 41.4 Å². The number of nitrogens with one attached hydrogen (secondary N) is 1. The molecule has 8 heteroatoms. The van der Waals surface area contributed by atoms with Crippen LogP contribution in [0.4, 0.5) is 10.1 Å². The first-order valence-corrected chi connectivity index (χ1v) is 8.51. The van der Waals surface area contributed by atoms with Crippen LogP contribution in [-0.2, 0) is 4.74 Å². The van der Waals surface area contributed by atoms with E-state index in [1.54, 1.807) is 39.2 Å². The van der Waals surface area contributed by atoms with Crippen molar-refractivity contribution in [3.63, 3.8) is 0 Å². The van der Waals surface area contributed by atoms with E-state index < -0.39 is 23.3 Å². The summed E-state index contributed by atoms with van der Waals surface area (Å²) in [5, 5.41) is 2.60. The summed E-state index contributed by atoms with van der Waals surface area (Å²) in [7, 11) is 0. The Bertz CT molecular complexity index is 993. The largest absolute Gasteiger partial charge is 0.455 e. The molecule has 0 aliphatic carbocycles. The summed E-state index contributed by atoms with van der Waals surface area (Å²) in [5.41, 5.74) is 0.303. The molecule has 3 rings (SSSR count). The summed E-state index contributed by atoms with van der Waals surface area (Å²) in [4.78, 5) is 32.2. The number of hydrogen-bond acceptors (Lipinski definition) is 5. The van der Waals surface area contributed by atoms with Crippen LogP contribution in [-0.4, -0.2) is 32.0 Å². The highest BCUT2D eigenvalue weighted by Crippen LogP contribution is 2.19. The monoisotopic (exact) mass is 382 g/mol. The van der Waals surface area contributed by atoms with Crippen LogP contribution in [0.3, 0.4) is 0 Å². The predicted molar refractivity (Wildman–Crippen MR) is 101 cm³/mol. The minimum atomic E-state index is -0.637. The molecule has 2 heterocycles. The van der Waals surface area contributed by atoms with Crippen LogP contribution in [0, 0.1) is 5.82 Å². The van der Waals surface area contributed by atoms with Crippen molar-refractivity contribution in [1.82, 2.24) is 14.5 Å². The number of carbonyl (C=O) groups excluding carboxylic acids is 2. The Morgan fingerprint density at radius 2 is 1.96 bits per heavy atom. The summed E-state index contributed by atoms with van der Waals surface area (Å²) in [6.45, 7) is 5.26. The van der Waals surface area contributed by atoms with E-state index in [4.69, 9.17) is 4.74 Å². The van der Waals surface area contributed by atoms with E-state index in [2.05, 4.69) is 15.3 Å². The van der Waals surface area contributed by atoms with Crippen molar-refractivity contribution in [3.05, 3.63) is 72.3 Å². The van der Waals surface area contributed by atoms with E-state index in [-0.39, 0.29) is 11.3 Å². The zero-order valence-corrected chi connectivity index (χ0v) is 15.6. The maximum Gasteiger partial charge on any atom is 0.357 e. The number of aromatic nitrogens is 3. The Balaban J connectivity index is 1.69. The van der Waals surface area contributed by atoms with Gasteiger partial charge in [0.2, 0.25) is 0 Å². The fourth-order valence-electron chi connectivity index (χ4n) is 2.38. The van der Waals surface area contributed by atoms with Crippen LogP contribution in [0.15, 0.2) is 55.2 Å². The maximum absolute atomic E-state index is 14.3. The van der Waals surface area contributed by atoms with Gasteiger partial charge >= 0.3 is 5.97 Å². The van der Waals surface area contributed by atoms with Gasteiger partial charge in [0.05, 0.1) is 17.6 Å². The first-order valence-electron chi connectivity index (χ1n) is 8.51. The second kappa shape index (κ2) is 7.59. The lowest BCUT2D eigenvalue weighted by molar-refractivity contribution is 0.00626. The zero-order chi connectivity index (χ0) is 20.3. The van der Waals surface area contributed by atoms with Crippen LogP contribution in [0.2, 0.25) is 0 Å². The number of halogens is 1. The number of ether oxygens (including phenoxy) is 1. The van der Waals surface area contributed by atoms with Crippen molar-refractivity contribution in [2.45, 2.75) is 26.4 Å². The van der Waals surface area contributed by atoms with Gasteiger partial charge in [0.1, 0.15) is 17.1 Å². The molecular formula is C20H19FN4O3. The number of pyridine rings is 1. The molecule has 1 aromatic carbocycles. The van der Waals surface area contributed by atoms with Gasteiger partial charge in [-0.3, -0.25) is 4.79 Å². The number of hydrogen-bond donors (Lipinski definition) is 1. The smallest absolute Gasteiger partial charge is 0.357 e. The van der Waals surface area contributed by atoms with Crippen molar-refractivity contribution >= 4 is 17.6 Å². The van der Waals surface area contributed by atoms with Crippen LogP contribution < -0.4 is 5.32 Å². The Morgan fingerprint density at radius 1 is 1.18 bits per heavy atom. The highest BCUT2D eigenvalue weighted by molar-refractivity contribution is 6.04. The molecule has 28 heavy (non-hydrogen) atoms. The SMILES string of the molecule is CC(C)(C)OC(=O)c1ccc(C(=O)Nc2ccc(-n3ccnc3)c(F)c2)cn1. The summed E-state index contributed by atoms with van der Waals surface area (Å²) in [6, 6.07) is 7.20. The molecule has 0 aliphatic heterocycles. The van der Waals surface area contributed by atoms with Crippen LogP contribution >= 0.6 is 0 Å². The van der Waals surface area contributed by atoms with Crippen molar-refractivity contribution < 1.29 is 18.7 Å². The average molecular weight is 382 g/mol. The van der Waals surface area contributed by atoms with Gasteiger partial charge in [-0.25, -0.2) is 19.2 Å². The normalized spacial score (nSPS) is 11.1. The Labute approximate surface area is 161 Å². The lowest BCUT2D eigenvalue weighted by atomic mass is 10.2. The number of esters is 1. The number of amides is 1. The fraction of sp³-hybridized carbons (Fsp3) is 0.200. The van der Waals surface area contributed by atoms with Gasteiger partial charge in [0.15, 0.2) is 0 Å². The minimum absolute atomic E-state index is 0.0993. The van der Waals surface area contributed by atoms with Gasteiger partial charge < -0.3 is 14.6 Å². The second-order valence-electron chi connectivity index (χ2n) is 7.02. The number of benzene rings is 1. The van der Waals surface area contributed by atoms with E-state index in [0.29, 0.717) is 11.4 Å². The summed E-state index contributed by atoms with van der Waals surface area (Å²) in [5.74, 6) is -1.55. The lowest BCUT2D eigenvalue weighted by Crippen LogP contribution is -2.24. The Kier molecular flexibility index (Phi) is 5.21. The highest BCUT2D eigenvalue weighted by atomic mass is 19.1. The van der Waals surface area contributed by atoms with Gasteiger partial charge in [-0.05, 0) is 51.1 Å². The third kappa shape index (κ3) is 4.59. The topological polar surface area (TPSA) is 86.1 Å². The Morgan fingerprint density at radius 3 is 2.54 bits per heavy atom. The molecule has 0 aliphatic rings. The molecule has 0 fully saturated rings. The predicted octanol–water partition coefficient (Wildman–Crippen LogP) is 3.61. The lowest BCUT2D eigenvalue weighted by Gasteiger charge is -2.19. The molecule has 0 atom stereocenters. The van der Waals surface area contributed by atoms with E-state index in [9.17, 15) is 14.0 Å². The Hall–Kier alpha value is -3.55. The van der Waals surface area contributed by atoms with E-state index in [0.717, 1.165) is 0 Å². The first kappa shape index (κ1) is 19.2. The van der Waals surface area contributed by atoms with Gasteiger partial charge in [-0.15, -0.1) is 0 Å². The molecule has 0 spiro atoms. The van der Waals surface area contributed by atoms with Crippen LogP contribution in [0.5, 0.6) is 0 Å². The van der Waals surface area contributed by atoms with Crippen LogP contribution in [0.25, 0.3) is 5.69 Å². The molecule has 0 saturated carbocycles. The minimum Gasteiger partial charge on any atom is -0.455 e. The number of anilines is 1. The molecule has 1 N–H and O–H groups in total. The van der Waals surface area contributed by atoms with Crippen molar-refractivity contribution in [3.8, 4) is 5.69 Å². The first-order chi connectivity index (χ1) is 13.2. The summed E-state index contributed by atoms with van der Waals surface area (Å²) >= 11 is 0. The molecule has 1 amide bonds. The van der Waals surface area contributed by atoms with Gasteiger partial charge in [0.25, 0.3) is 5.91 Å². The van der Waals surface area contributed by atoms with E-state index in [1.807, 2.05) is 0 Å². The number of carbonyl (C=O) groups is 2. The molecule has 2 aromatic heterocycles.